The fraction of sp³-hybridized carbons (Fsp3) is 0.263. The Hall–Kier alpha value is -2.82. The number of anilines is 1. The Kier molecular flexibility index (Phi) is 5.11. The molecule has 24 heavy (non-hydrogen) atoms. The number of amides is 2. The summed E-state index contributed by atoms with van der Waals surface area (Å²) in [6.07, 6.45) is 0.711. The van der Waals surface area contributed by atoms with Crippen LogP contribution in [0.15, 0.2) is 60.7 Å². The summed E-state index contributed by atoms with van der Waals surface area (Å²) >= 11 is 0. The normalized spacial score (nSPS) is 20.1. The molecule has 2 aromatic rings. The van der Waals surface area contributed by atoms with E-state index in [1.54, 1.807) is 12.1 Å². The molecule has 124 valence electrons. The third-order valence-electron chi connectivity index (χ3n) is 4.07. The van der Waals surface area contributed by atoms with Gasteiger partial charge >= 0.3 is 6.09 Å². The van der Waals surface area contributed by atoms with Gasteiger partial charge in [-0.1, -0.05) is 48.5 Å². The highest BCUT2D eigenvalue weighted by Crippen LogP contribution is 2.28. The van der Waals surface area contributed by atoms with E-state index in [0.29, 0.717) is 12.1 Å². The predicted molar refractivity (Wildman–Crippen MR) is 91.8 cm³/mol. The first-order valence-corrected chi connectivity index (χ1v) is 8.04. The van der Waals surface area contributed by atoms with Gasteiger partial charge in [0.1, 0.15) is 6.61 Å². The van der Waals surface area contributed by atoms with Crippen molar-refractivity contribution in [1.29, 1.82) is 0 Å². The van der Waals surface area contributed by atoms with Gasteiger partial charge in [0.05, 0.1) is 6.04 Å². The van der Waals surface area contributed by atoms with Crippen molar-refractivity contribution < 1.29 is 14.3 Å². The Bertz CT molecular complexity index is 688. The van der Waals surface area contributed by atoms with Crippen molar-refractivity contribution in [2.75, 3.05) is 11.9 Å². The minimum Gasteiger partial charge on any atom is -0.447 e. The third kappa shape index (κ3) is 4.35. The number of carbonyl (C=O) groups is 2. The van der Waals surface area contributed by atoms with E-state index in [-0.39, 0.29) is 24.5 Å². The molecule has 2 aromatic carbocycles. The van der Waals surface area contributed by atoms with Gasteiger partial charge in [-0.25, -0.2) is 4.79 Å². The standard InChI is InChI=1S/C19H20N2O3/c22-18-12-15(14-7-3-1-4-8-14)11-17(20-18)13-24-19(23)21-16-9-5-2-6-10-16/h1-10,15,17H,11-13H2,(H,20,22)(H,21,23)/t15-,17+/m1/s1. The first kappa shape index (κ1) is 16.1. The molecule has 1 aliphatic rings. The molecular weight excluding hydrogens is 304 g/mol. The van der Waals surface area contributed by atoms with Crippen LogP contribution in [0.3, 0.4) is 0 Å². The van der Waals surface area contributed by atoms with E-state index >= 15 is 0 Å². The Morgan fingerprint density at radius 2 is 1.75 bits per heavy atom. The van der Waals surface area contributed by atoms with Gasteiger partial charge in [-0.15, -0.1) is 0 Å². The SMILES string of the molecule is O=C1C[C@H](c2ccccc2)C[C@@H](COC(=O)Nc2ccccc2)N1. The zero-order chi connectivity index (χ0) is 16.8. The van der Waals surface area contributed by atoms with Crippen LogP contribution >= 0.6 is 0 Å². The number of piperidine rings is 1. The van der Waals surface area contributed by atoms with Gasteiger partial charge in [-0.2, -0.15) is 0 Å². The number of benzene rings is 2. The van der Waals surface area contributed by atoms with Crippen LogP contribution in [0.1, 0.15) is 24.3 Å². The number of hydrogen-bond donors (Lipinski definition) is 2. The van der Waals surface area contributed by atoms with Crippen molar-refractivity contribution in [1.82, 2.24) is 5.32 Å². The first-order valence-electron chi connectivity index (χ1n) is 8.04. The summed E-state index contributed by atoms with van der Waals surface area (Å²) in [6, 6.07) is 18.9. The summed E-state index contributed by atoms with van der Waals surface area (Å²) in [5, 5.41) is 5.55. The van der Waals surface area contributed by atoms with E-state index in [9.17, 15) is 9.59 Å². The third-order valence-corrected chi connectivity index (χ3v) is 4.07. The molecule has 1 heterocycles. The van der Waals surface area contributed by atoms with Gasteiger partial charge in [0.2, 0.25) is 5.91 Å². The maximum absolute atomic E-state index is 11.9. The Balaban J connectivity index is 1.53. The van der Waals surface area contributed by atoms with Gasteiger partial charge in [0.25, 0.3) is 0 Å². The molecule has 0 bridgehead atoms. The number of hydrogen-bond acceptors (Lipinski definition) is 3. The predicted octanol–water partition coefficient (Wildman–Crippen LogP) is 3.30. The van der Waals surface area contributed by atoms with Crippen LogP contribution in [-0.2, 0) is 9.53 Å². The molecular formula is C19H20N2O3. The van der Waals surface area contributed by atoms with Crippen molar-refractivity contribution in [3.05, 3.63) is 66.2 Å². The van der Waals surface area contributed by atoms with Gasteiger partial charge in [0.15, 0.2) is 0 Å². The quantitative estimate of drug-likeness (QED) is 0.907. The molecule has 1 saturated heterocycles. The van der Waals surface area contributed by atoms with Crippen molar-refractivity contribution in [2.45, 2.75) is 24.8 Å². The van der Waals surface area contributed by atoms with Crippen LogP contribution in [0.2, 0.25) is 0 Å². The number of carbonyl (C=O) groups excluding carboxylic acids is 2. The van der Waals surface area contributed by atoms with E-state index < -0.39 is 6.09 Å². The maximum atomic E-state index is 11.9. The zero-order valence-corrected chi connectivity index (χ0v) is 13.3. The van der Waals surface area contributed by atoms with E-state index in [2.05, 4.69) is 10.6 Å². The Labute approximate surface area is 141 Å². The molecule has 5 nitrogen and oxygen atoms in total. The highest BCUT2D eigenvalue weighted by atomic mass is 16.5. The first-order chi connectivity index (χ1) is 11.7. The molecule has 0 unspecified atom stereocenters. The molecule has 0 saturated carbocycles. The topological polar surface area (TPSA) is 67.4 Å². The van der Waals surface area contributed by atoms with E-state index in [1.807, 2.05) is 48.5 Å². The van der Waals surface area contributed by atoms with Gasteiger partial charge in [-0.3, -0.25) is 10.1 Å². The lowest BCUT2D eigenvalue weighted by atomic mass is 9.86. The molecule has 0 spiro atoms. The lowest BCUT2D eigenvalue weighted by Crippen LogP contribution is -2.44. The largest absolute Gasteiger partial charge is 0.447 e. The smallest absolute Gasteiger partial charge is 0.411 e. The lowest BCUT2D eigenvalue weighted by molar-refractivity contribution is -0.124. The fourth-order valence-corrected chi connectivity index (χ4v) is 2.94. The minimum atomic E-state index is -0.516. The Morgan fingerprint density at radius 1 is 1.08 bits per heavy atom. The van der Waals surface area contributed by atoms with E-state index in [4.69, 9.17) is 4.74 Å². The molecule has 0 aliphatic carbocycles. The summed E-state index contributed by atoms with van der Waals surface area (Å²) in [5.74, 6) is 0.151. The van der Waals surface area contributed by atoms with Crippen molar-refractivity contribution in [3.63, 3.8) is 0 Å². The summed E-state index contributed by atoms with van der Waals surface area (Å²) in [7, 11) is 0. The van der Waals surface area contributed by atoms with Crippen molar-refractivity contribution >= 4 is 17.7 Å². The second kappa shape index (κ2) is 7.64. The van der Waals surface area contributed by atoms with Crippen LogP contribution in [0.5, 0.6) is 0 Å². The van der Waals surface area contributed by atoms with Gasteiger partial charge in [0, 0.05) is 12.1 Å². The van der Waals surface area contributed by atoms with Crippen LogP contribution in [0.25, 0.3) is 0 Å². The second-order valence-electron chi connectivity index (χ2n) is 5.90. The summed E-state index contributed by atoms with van der Waals surface area (Å²) in [5.41, 5.74) is 1.82. The fourth-order valence-electron chi connectivity index (χ4n) is 2.94. The average Bonchev–Trinajstić information content (AvgIpc) is 2.61. The van der Waals surface area contributed by atoms with Gasteiger partial charge < -0.3 is 10.1 Å². The van der Waals surface area contributed by atoms with Crippen LogP contribution in [0.4, 0.5) is 10.5 Å². The summed E-state index contributed by atoms with van der Waals surface area (Å²) < 4.78 is 5.25. The number of para-hydroxylation sites is 1. The highest BCUT2D eigenvalue weighted by Gasteiger charge is 2.28. The summed E-state index contributed by atoms with van der Waals surface area (Å²) in [6.45, 7) is 0.160. The van der Waals surface area contributed by atoms with Crippen molar-refractivity contribution in [3.8, 4) is 0 Å². The second-order valence-corrected chi connectivity index (χ2v) is 5.90. The maximum Gasteiger partial charge on any atom is 0.411 e. The molecule has 5 heteroatoms. The molecule has 2 atom stereocenters. The Morgan fingerprint density at radius 3 is 2.46 bits per heavy atom. The van der Waals surface area contributed by atoms with Crippen LogP contribution in [-0.4, -0.2) is 24.6 Å². The molecule has 0 aromatic heterocycles. The molecule has 1 fully saturated rings. The lowest BCUT2D eigenvalue weighted by Gasteiger charge is -2.29. The van der Waals surface area contributed by atoms with Crippen LogP contribution in [0, 0.1) is 0 Å². The highest BCUT2D eigenvalue weighted by molar-refractivity contribution is 5.84. The van der Waals surface area contributed by atoms with Gasteiger partial charge in [-0.05, 0) is 30.0 Å². The summed E-state index contributed by atoms with van der Waals surface area (Å²) in [4.78, 5) is 23.8. The molecule has 0 radical (unpaired) electrons. The molecule has 2 amide bonds. The molecule has 1 aliphatic heterocycles. The molecule has 2 N–H and O–H groups in total. The van der Waals surface area contributed by atoms with E-state index in [1.165, 1.54) is 0 Å². The van der Waals surface area contributed by atoms with Crippen molar-refractivity contribution in [2.24, 2.45) is 0 Å². The minimum absolute atomic E-state index is 0.00725. The number of ether oxygens (including phenoxy) is 1. The van der Waals surface area contributed by atoms with E-state index in [0.717, 1.165) is 12.0 Å². The monoisotopic (exact) mass is 324 g/mol. The van der Waals surface area contributed by atoms with Crippen LogP contribution < -0.4 is 10.6 Å². The number of nitrogens with one attached hydrogen (secondary N) is 2. The number of rotatable bonds is 4. The zero-order valence-electron chi connectivity index (χ0n) is 13.3. The average molecular weight is 324 g/mol. The molecule has 3 rings (SSSR count).